The zero-order chi connectivity index (χ0) is 13.7. The summed E-state index contributed by atoms with van der Waals surface area (Å²) >= 11 is 3.59. The van der Waals surface area contributed by atoms with Crippen molar-refractivity contribution < 1.29 is 4.74 Å². The minimum Gasteiger partial charge on any atom is -0.384 e. The molecule has 1 fully saturated rings. The number of halogens is 1. The van der Waals surface area contributed by atoms with Gasteiger partial charge in [0.25, 0.3) is 0 Å². The summed E-state index contributed by atoms with van der Waals surface area (Å²) in [5.41, 5.74) is 1.41. The van der Waals surface area contributed by atoms with Crippen LogP contribution < -0.4 is 10.6 Å². The van der Waals surface area contributed by atoms with E-state index in [4.69, 9.17) is 4.74 Å². The molecule has 1 aliphatic rings. The number of piperidine rings is 1. The van der Waals surface area contributed by atoms with Crippen LogP contribution in [-0.2, 0) is 4.74 Å². The maximum absolute atomic E-state index is 5.43. The Balaban J connectivity index is 2.04. The average Bonchev–Trinajstić information content (AvgIpc) is 2.42. The van der Waals surface area contributed by atoms with E-state index in [1.54, 1.807) is 7.11 Å². The summed E-state index contributed by atoms with van der Waals surface area (Å²) < 4.78 is 6.48. The van der Waals surface area contributed by atoms with Gasteiger partial charge in [0.05, 0.1) is 11.1 Å². The minimum absolute atomic E-state index is 0.213. The maximum atomic E-state index is 5.43. The van der Waals surface area contributed by atoms with Crippen molar-refractivity contribution in [1.29, 1.82) is 0 Å². The van der Waals surface area contributed by atoms with Crippen LogP contribution in [0.25, 0.3) is 0 Å². The summed E-state index contributed by atoms with van der Waals surface area (Å²) in [5.74, 6) is 0.925. The number of aromatic nitrogens is 1. The monoisotopic (exact) mass is 327 g/mol. The third-order valence-corrected chi connectivity index (χ3v) is 4.83. The summed E-state index contributed by atoms with van der Waals surface area (Å²) in [6, 6.07) is 2.00. The number of nitrogens with one attached hydrogen (secondary N) is 2. The third-order valence-electron chi connectivity index (χ3n) is 3.83. The summed E-state index contributed by atoms with van der Waals surface area (Å²) in [4.78, 5) is 4.40. The molecule has 1 aliphatic heterocycles. The molecule has 0 aliphatic carbocycles. The first-order valence-electron chi connectivity index (χ1n) is 6.71. The number of hydrogen-bond acceptors (Lipinski definition) is 4. The second kappa shape index (κ2) is 6.68. The van der Waals surface area contributed by atoms with Crippen LogP contribution in [0.15, 0.2) is 16.7 Å². The number of aryl methyl sites for hydroxylation is 1. The number of pyridine rings is 1. The molecular weight excluding hydrogens is 306 g/mol. The summed E-state index contributed by atoms with van der Waals surface area (Å²) in [6.45, 7) is 5.90. The fourth-order valence-electron chi connectivity index (χ4n) is 2.57. The second-order valence-corrected chi connectivity index (χ2v) is 6.12. The molecule has 2 heterocycles. The fraction of sp³-hybridized carbons (Fsp3) is 0.643. The van der Waals surface area contributed by atoms with Gasteiger partial charge < -0.3 is 15.4 Å². The van der Waals surface area contributed by atoms with Gasteiger partial charge in [-0.15, -0.1) is 0 Å². The Kier molecular flexibility index (Phi) is 5.19. The van der Waals surface area contributed by atoms with E-state index < -0.39 is 0 Å². The van der Waals surface area contributed by atoms with Crippen LogP contribution in [0.2, 0.25) is 0 Å². The molecule has 1 aromatic rings. The Hall–Kier alpha value is -0.650. The number of rotatable bonds is 5. The van der Waals surface area contributed by atoms with Crippen molar-refractivity contribution in [2.24, 2.45) is 5.41 Å². The lowest BCUT2D eigenvalue weighted by Crippen LogP contribution is -2.44. The predicted molar refractivity (Wildman–Crippen MR) is 81.6 cm³/mol. The van der Waals surface area contributed by atoms with Crippen molar-refractivity contribution in [3.63, 3.8) is 0 Å². The lowest BCUT2D eigenvalue weighted by atomic mass is 9.79. The van der Waals surface area contributed by atoms with Crippen molar-refractivity contribution in [2.75, 3.05) is 38.7 Å². The Bertz CT molecular complexity index is 414. The molecule has 0 aromatic carbocycles. The standard InChI is InChI=1S/C14H22BrN3O/c1-11-3-6-17-13(12(11)15)18-9-14(10-19-2)4-7-16-8-5-14/h3,6,16H,4-5,7-10H2,1-2H3,(H,17,18). The zero-order valence-corrected chi connectivity index (χ0v) is 13.2. The van der Waals surface area contributed by atoms with E-state index >= 15 is 0 Å². The Morgan fingerprint density at radius 1 is 1.47 bits per heavy atom. The number of methoxy groups -OCH3 is 1. The first-order valence-corrected chi connectivity index (χ1v) is 7.51. The molecule has 0 atom stereocenters. The van der Waals surface area contributed by atoms with Gasteiger partial charge in [0.1, 0.15) is 5.82 Å². The van der Waals surface area contributed by atoms with Gasteiger partial charge in [-0.25, -0.2) is 4.98 Å². The summed E-state index contributed by atoms with van der Waals surface area (Å²) in [6.07, 6.45) is 4.11. The molecule has 0 unspecified atom stereocenters. The van der Waals surface area contributed by atoms with E-state index in [0.29, 0.717) is 0 Å². The molecule has 1 aromatic heterocycles. The van der Waals surface area contributed by atoms with Gasteiger partial charge in [0.15, 0.2) is 0 Å². The van der Waals surface area contributed by atoms with E-state index in [1.807, 2.05) is 12.3 Å². The summed E-state index contributed by atoms with van der Waals surface area (Å²) in [5, 5.41) is 6.89. The van der Waals surface area contributed by atoms with E-state index in [2.05, 4.69) is 38.5 Å². The molecule has 4 nitrogen and oxygen atoms in total. The van der Waals surface area contributed by atoms with Gasteiger partial charge in [0.2, 0.25) is 0 Å². The first-order chi connectivity index (χ1) is 9.17. The topological polar surface area (TPSA) is 46.2 Å². The molecule has 2 N–H and O–H groups in total. The van der Waals surface area contributed by atoms with Crippen molar-refractivity contribution >= 4 is 21.7 Å². The molecule has 106 valence electrons. The van der Waals surface area contributed by atoms with E-state index in [-0.39, 0.29) is 5.41 Å². The molecular formula is C14H22BrN3O. The Labute approximate surface area is 123 Å². The van der Waals surface area contributed by atoms with Crippen LogP contribution in [-0.4, -0.2) is 38.3 Å². The van der Waals surface area contributed by atoms with Crippen LogP contribution in [0, 0.1) is 12.3 Å². The molecule has 0 spiro atoms. The quantitative estimate of drug-likeness (QED) is 0.872. The van der Waals surface area contributed by atoms with Crippen LogP contribution in [0.4, 0.5) is 5.82 Å². The smallest absolute Gasteiger partial charge is 0.140 e. The average molecular weight is 328 g/mol. The highest BCUT2D eigenvalue weighted by atomic mass is 79.9. The summed E-state index contributed by atoms with van der Waals surface area (Å²) in [7, 11) is 1.78. The number of nitrogens with zero attached hydrogens (tertiary/aromatic N) is 1. The first kappa shape index (κ1) is 14.8. The van der Waals surface area contributed by atoms with E-state index in [0.717, 1.165) is 49.4 Å². The zero-order valence-electron chi connectivity index (χ0n) is 11.6. The van der Waals surface area contributed by atoms with E-state index in [9.17, 15) is 0 Å². The van der Waals surface area contributed by atoms with Crippen LogP contribution in [0.5, 0.6) is 0 Å². The number of anilines is 1. The van der Waals surface area contributed by atoms with Gasteiger partial charge in [0, 0.05) is 25.3 Å². The highest BCUT2D eigenvalue weighted by Crippen LogP contribution is 2.31. The highest BCUT2D eigenvalue weighted by molar-refractivity contribution is 9.10. The fourth-order valence-corrected chi connectivity index (χ4v) is 2.94. The van der Waals surface area contributed by atoms with Crippen molar-refractivity contribution in [1.82, 2.24) is 10.3 Å². The minimum atomic E-state index is 0.213. The van der Waals surface area contributed by atoms with E-state index in [1.165, 1.54) is 5.56 Å². The predicted octanol–water partition coefficient (Wildman–Crippen LogP) is 2.58. The van der Waals surface area contributed by atoms with Gasteiger partial charge in [-0.1, -0.05) is 0 Å². The van der Waals surface area contributed by atoms with Gasteiger partial charge in [-0.3, -0.25) is 0 Å². The molecule has 0 radical (unpaired) electrons. The SMILES string of the molecule is COCC1(CNc2nccc(C)c2Br)CCNCC1. The lowest BCUT2D eigenvalue weighted by molar-refractivity contribution is 0.0635. The molecule has 2 rings (SSSR count). The second-order valence-electron chi connectivity index (χ2n) is 5.33. The molecule has 19 heavy (non-hydrogen) atoms. The normalized spacial score (nSPS) is 18.3. The Morgan fingerprint density at radius 2 is 2.21 bits per heavy atom. The van der Waals surface area contributed by atoms with Crippen molar-refractivity contribution in [3.05, 3.63) is 22.3 Å². The molecule has 1 saturated heterocycles. The molecule has 0 amide bonds. The maximum Gasteiger partial charge on any atom is 0.140 e. The third kappa shape index (κ3) is 3.68. The van der Waals surface area contributed by atoms with Crippen molar-refractivity contribution in [3.8, 4) is 0 Å². The van der Waals surface area contributed by atoms with Gasteiger partial charge >= 0.3 is 0 Å². The number of hydrogen-bond donors (Lipinski definition) is 2. The largest absolute Gasteiger partial charge is 0.384 e. The van der Waals surface area contributed by atoms with Gasteiger partial charge in [-0.05, 0) is 60.4 Å². The van der Waals surface area contributed by atoms with Crippen LogP contribution in [0.3, 0.4) is 0 Å². The molecule has 5 heteroatoms. The van der Waals surface area contributed by atoms with Gasteiger partial charge in [-0.2, -0.15) is 0 Å². The molecule has 0 bridgehead atoms. The Morgan fingerprint density at radius 3 is 2.89 bits per heavy atom. The lowest BCUT2D eigenvalue weighted by Gasteiger charge is -2.37. The van der Waals surface area contributed by atoms with Crippen molar-refractivity contribution in [2.45, 2.75) is 19.8 Å². The highest BCUT2D eigenvalue weighted by Gasteiger charge is 2.32. The number of ether oxygens (including phenoxy) is 1. The molecule has 0 saturated carbocycles. The van der Waals surface area contributed by atoms with Crippen LogP contribution >= 0.6 is 15.9 Å². The van der Waals surface area contributed by atoms with Crippen LogP contribution in [0.1, 0.15) is 18.4 Å².